The maximum atomic E-state index is 12.9. The normalized spacial score (nSPS) is 11.9. The number of aromatic nitrogens is 3. The number of rotatable bonds is 8. The number of ether oxygens (including phenoxy) is 2. The molecule has 158 valence electrons. The van der Waals surface area contributed by atoms with E-state index in [2.05, 4.69) is 15.0 Å². The average molecular weight is 435 g/mol. The van der Waals surface area contributed by atoms with Crippen molar-refractivity contribution in [1.82, 2.24) is 15.0 Å². The molecule has 0 atom stereocenters. The van der Waals surface area contributed by atoms with E-state index in [0.717, 1.165) is 6.92 Å². The maximum absolute atomic E-state index is 12.9. The highest BCUT2D eigenvalue weighted by Crippen LogP contribution is 2.30. The molecule has 3 aromatic heterocycles. The van der Waals surface area contributed by atoms with Gasteiger partial charge in [0.15, 0.2) is 16.4 Å². The van der Waals surface area contributed by atoms with Gasteiger partial charge in [-0.15, -0.1) is 0 Å². The van der Waals surface area contributed by atoms with Gasteiger partial charge in [-0.25, -0.2) is 27.2 Å². The Morgan fingerprint density at radius 2 is 1.80 bits per heavy atom. The highest BCUT2D eigenvalue weighted by molar-refractivity contribution is 7.91. The van der Waals surface area contributed by atoms with Gasteiger partial charge in [-0.3, -0.25) is 4.98 Å². The van der Waals surface area contributed by atoms with Crippen LogP contribution in [0.15, 0.2) is 59.9 Å². The molecule has 0 N–H and O–H groups in total. The van der Waals surface area contributed by atoms with Crippen molar-refractivity contribution in [1.29, 1.82) is 0 Å². The van der Waals surface area contributed by atoms with Crippen LogP contribution in [0.2, 0.25) is 0 Å². The van der Waals surface area contributed by atoms with Crippen molar-refractivity contribution in [2.24, 2.45) is 0 Å². The van der Waals surface area contributed by atoms with Crippen molar-refractivity contribution < 1.29 is 26.7 Å². The highest BCUT2D eigenvalue weighted by atomic mass is 32.2. The van der Waals surface area contributed by atoms with Gasteiger partial charge in [0.1, 0.15) is 17.2 Å². The number of hydrogen-bond acceptors (Lipinski definition) is 7. The van der Waals surface area contributed by atoms with Crippen LogP contribution in [0.5, 0.6) is 17.4 Å². The second-order valence-electron chi connectivity index (χ2n) is 6.43. The molecular formula is C20H19F2N3O4S. The third-order valence-electron chi connectivity index (χ3n) is 3.87. The quantitative estimate of drug-likeness (QED) is 0.525. The SMILES string of the molecule is CCS(=O)(=O)c1cc(Oc2ccccn2)cnc1-c1ccc(OCC(C)(F)F)cn1. The number of pyridine rings is 3. The monoisotopic (exact) mass is 435 g/mol. The summed E-state index contributed by atoms with van der Waals surface area (Å²) in [5, 5.41) is 0. The molecule has 10 heteroatoms. The molecule has 0 aliphatic rings. The van der Waals surface area contributed by atoms with Crippen LogP contribution in [-0.4, -0.2) is 41.7 Å². The van der Waals surface area contributed by atoms with Gasteiger partial charge >= 0.3 is 0 Å². The molecule has 7 nitrogen and oxygen atoms in total. The molecule has 0 amide bonds. The van der Waals surface area contributed by atoms with Gasteiger partial charge in [0.25, 0.3) is 5.92 Å². The van der Waals surface area contributed by atoms with Crippen molar-refractivity contribution in [3.8, 4) is 28.8 Å². The molecule has 3 aromatic rings. The Bertz CT molecular complexity index is 1100. The fourth-order valence-electron chi connectivity index (χ4n) is 2.41. The summed E-state index contributed by atoms with van der Waals surface area (Å²) in [4.78, 5) is 12.3. The third-order valence-corrected chi connectivity index (χ3v) is 5.62. The van der Waals surface area contributed by atoms with E-state index in [-0.39, 0.29) is 33.5 Å². The molecule has 3 heterocycles. The average Bonchev–Trinajstić information content (AvgIpc) is 2.73. The lowest BCUT2D eigenvalue weighted by Crippen LogP contribution is -2.20. The molecule has 30 heavy (non-hydrogen) atoms. The fourth-order valence-corrected chi connectivity index (χ4v) is 3.47. The van der Waals surface area contributed by atoms with Crippen LogP contribution in [0.4, 0.5) is 8.78 Å². The van der Waals surface area contributed by atoms with Crippen molar-refractivity contribution in [2.75, 3.05) is 12.4 Å². The van der Waals surface area contributed by atoms with E-state index in [1.54, 1.807) is 24.4 Å². The number of sulfone groups is 1. The molecule has 0 unspecified atom stereocenters. The zero-order valence-corrected chi connectivity index (χ0v) is 17.1. The minimum atomic E-state index is -3.66. The van der Waals surface area contributed by atoms with E-state index in [1.165, 1.54) is 37.5 Å². The molecule has 0 aromatic carbocycles. The first-order valence-corrected chi connectivity index (χ1v) is 10.6. The van der Waals surface area contributed by atoms with E-state index < -0.39 is 22.4 Å². The topological polar surface area (TPSA) is 91.3 Å². The van der Waals surface area contributed by atoms with Crippen molar-refractivity contribution in [3.63, 3.8) is 0 Å². The first-order valence-electron chi connectivity index (χ1n) is 8.97. The van der Waals surface area contributed by atoms with E-state index >= 15 is 0 Å². The van der Waals surface area contributed by atoms with Gasteiger partial charge in [0.2, 0.25) is 5.88 Å². The van der Waals surface area contributed by atoms with Crippen LogP contribution in [0, 0.1) is 0 Å². The van der Waals surface area contributed by atoms with Gasteiger partial charge in [-0.2, -0.15) is 0 Å². The molecule has 0 saturated heterocycles. The standard InChI is InChI=1S/C20H19F2N3O4S/c1-3-30(26,27)17-10-15(29-18-6-4-5-9-23-18)12-25-19(17)16-8-7-14(11-24-16)28-13-20(2,21)22/h4-12H,3,13H2,1-2H3. The van der Waals surface area contributed by atoms with Crippen LogP contribution >= 0.6 is 0 Å². The lowest BCUT2D eigenvalue weighted by molar-refractivity contribution is -0.0230. The van der Waals surface area contributed by atoms with Crippen LogP contribution in [0.3, 0.4) is 0 Å². The van der Waals surface area contributed by atoms with Crippen molar-refractivity contribution in [3.05, 3.63) is 55.0 Å². The number of alkyl halides is 2. The fraction of sp³-hybridized carbons (Fsp3) is 0.250. The largest absolute Gasteiger partial charge is 0.486 e. The Balaban J connectivity index is 1.93. The molecule has 0 aliphatic carbocycles. The Hall–Kier alpha value is -3.14. The molecular weight excluding hydrogens is 416 g/mol. The van der Waals surface area contributed by atoms with E-state index in [9.17, 15) is 17.2 Å². The summed E-state index contributed by atoms with van der Waals surface area (Å²) >= 11 is 0. The zero-order chi connectivity index (χ0) is 21.8. The van der Waals surface area contributed by atoms with Crippen LogP contribution < -0.4 is 9.47 Å². The molecule has 0 aliphatic heterocycles. The lowest BCUT2D eigenvalue weighted by Gasteiger charge is -2.13. The molecule has 0 radical (unpaired) electrons. The second-order valence-corrected chi connectivity index (χ2v) is 8.68. The predicted molar refractivity (Wildman–Crippen MR) is 106 cm³/mol. The van der Waals surface area contributed by atoms with Gasteiger partial charge in [-0.1, -0.05) is 13.0 Å². The summed E-state index contributed by atoms with van der Waals surface area (Å²) < 4.78 is 61.7. The number of hydrogen-bond donors (Lipinski definition) is 0. The van der Waals surface area contributed by atoms with Gasteiger partial charge in [0, 0.05) is 25.3 Å². The van der Waals surface area contributed by atoms with Crippen LogP contribution in [0.25, 0.3) is 11.4 Å². The smallest absolute Gasteiger partial charge is 0.278 e. The molecule has 0 fully saturated rings. The Labute approximate surface area is 172 Å². The Kier molecular flexibility index (Phi) is 6.25. The molecule has 0 saturated carbocycles. The van der Waals surface area contributed by atoms with Gasteiger partial charge in [-0.05, 0) is 18.2 Å². The van der Waals surface area contributed by atoms with Gasteiger partial charge in [0.05, 0.1) is 28.7 Å². The minimum absolute atomic E-state index is 0.0558. The van der Waals surface area contributed by atoms with Crippen LogP contribution in [0.1, 0.15) is 13.8 Å². The summed E-state index contributed by atoms with van der Waals surface area (Å²) in [7, 11) is -3.66. The predicted octanol–water partition coefficient (Wildman–Crippen LogP) is 4.16. The summed E-state index contributed by atoms with van der Waals surface area (Å²) in [5.74, 6) is -2.50. The lowest BCUT2D eigenvalue weighted by atomic mass is 10.2. The maximum Gasteiger partial charge on any atom is 0.278 e. The number of halogens is 2. The van der Waals surface area contributed by atoms with E-state index in [4.69, 9.17) is 9.47 Å². The minimum Gasteiger partial charge on any atom is -0.486 e. The first kappa shape index (κ1) is 21.6. The summed E-state index contributed by atoms with van der Waals surface area (Å²) in [6.45, 7) is 1.47. The third kappa shape index (κ3) is 5.47. The Morgan fingerprint density at radius 3 is 2.40 bits per heavy atom. The second kappa shape index (κ2) is 8.70. The summed E-state index contributed by atoms with van der Waals surface area (Å²) in [5.41, 5.74) is 0.375. The Morgan fingerprint density at radius 1 is 1.03 bits per heavy atom. The number of nitrogens with zero attached hydrogens (tertiary/aromatic N) is 3. The van der Waals surface area contributed by atoms with Crippen molar-refractivity contribution >= 4 is 9.84 Å². The van der Waals surface area contributed by atoms with Gasteiger partial charge < -0.3 is 9.47 Å². The zero-order valence-electron chi connectivity index (χ0n) is 16.2. The summed E-state index contributed by atoms with van der Waals surface area (Å²) in [6, 6.07) is 9.33. The molecule has 0 spiro atoms. The highest BCUT2D eigenvalue weighted by Gasteiger charge is 2.23. The summed E-state index contributed by atoms with van der Waals surface area (Å²) in [6.07, 6.45) is 4.15. The van der Waals surface area contributed by atoms with E-state index in [1.807, 2.05) is 0 Å². The van der Waals surface area contributed by atoms with E-state index in [0.29, 0.717) is 5.88 Å². The first-order chi connectivity index (χ1) is 14.2. The van der Waals surface area contributed by atoms with Crippen molar-refractivity contribution in [2.45, 2.75) is 24.7 Å². The molecule has 3 rings (SSSR count). The van der Waals surface area contributed by atoms with Crippen LogP contribution in [-0.2, 0) is 9.84 Å². The molecule has 0 bridgehead atoms.